The van der Waals surface area contributed by atoms with Crippen LogP contribution in [0.1, 0.15) is 54.1 Å². The van der Waals surface area contributed by atoms with E-state index in [0.29, 0.717) is 27.8 Å². The number of aliphatic hydroxyl groups is 1. The highest BCUT2D eigenvalue weighted by Crippen LogP contribution is 2.31. The summed E-state index contributed by atoms with van der Waals surface area (Å²) in [5, 5.41) is 28.3. The largest absolute Gasteiger partial charge is 0.481 e. The summed E-state index contributed by atoms with van der Waals surface area (Å²) in [6.45, 7) is 2.99. The Labute approximate surface area is 218 Å². The average Bonchev–Trinajstić information content (AvgIpc) is 2.82. The van der Waals surface area contributed by atoms with Crippen LogP contribution in [0, 0.1) is 0 Å². The number of nitrogens with one attached hydrogen (secondary N) is 3. The van der Waals surface area contributed by atoms with Crippen molar-refractivity contribution in [2.24, 2.45) is 4.99 Å². The number of nitrogens with zero attached hydrogens (tertiary/aromatic N) is 2. The monoisotopic (exact) mass is 533 g/mol. The Hall–Kier alpha value is -3.57. The molecule has 0 bridgehead atoms. The molecule has 1 unspecified atom stereocenters. The van der Waals surface area contributed by atoms with Crippen molar-refractivity contribution in [3.63, 3.8) is 0 Å². The molecule has 1 aliphatic rings. The van der Waals surface area contributed by atoms with E-state index in [9.17, 15) is 29.0 Å². The van der Waals surface area contributed by atoms with Crippen LogP contribution in [0.15, 0.2) is 41.7 Å². The van der Waals surface area contributed by atoms with Gasteiger partial charge in [0.15, 0.2) is 11.7 Å². The number of halogens is 2. The SMILES string of the molecule is CC(C)(O)c1cc(Cl)cc([C@H](CC(=O)O)CC(=O)CNC(=O)c2cncc(NC3=NCC(F)CN3)c2)c1. The number of hydrogen-bond acceptors (Lipinski definition) is 8. The summed E-state index contributed by atoms with van der Waals surface area (Å²) in [5.41, 5.74) is 0.425. The van der Waals surface area contributed by atoms with Gasteiger partial charge >= 0.3 is 5.97 Å². The fourth-order valence-corrected chi connectivity index (χ4v) is 3.96. The number of aliphatic imine (C=N–C) groups is 1. The van der Waals surface area contributed by atoms with Gasteiger partial charge in [0.05, 0.1) is 49.1 Å². The van der Waals surface area contributed by atoms with Crippen molar-refractivity contribution in [1.82, 2.24) is 15.6 Å². The minimum atomic E-state index is -1.21. The number of pyridine rings is 1. The Kier molecular flexibility index (Phi) is 9.17. The predicted molar refractivity (Wildman–Crippen MR) is 137 cm³/mol. The molecule has 0 radical (unpaired) electrons. The zero-order valence-corrected chi connectivity index (χ0v) is 21.2. The summed E-state index contributed by atoms with van der Waals surface area (Å²) in [7, 11) is 0. The molecule has 12 heteroatoms. The lowest BCUT2D eigenvalue weighted by atomic mass is 9.87. The maximum absolute atomic E-state index is 13.2. The first-order chi connectivity index (χ1) is 17.4. The van der Waals surface area contributed by atoms with Crippen molar-refractivity contribution < 1.29 is 29.0 Å². The van der Waals surface area contributed by atoms with Crippen molar-refractivity contribution in [2.45, 2.75) is 44.4 Å². The Morgan fingerprint density at radius 3 is 2.62 bits per heavy atom. The molecule has 0 aliphatic carbocycles. The number of guanidine groups is 1. The summed E-state index contributed by atoms with van der Waals surface area (Å²) in [4.78, 5) is 44.8. The highest BCUT2D eigenvalue weighted by Gasteiger charge is 2.24. The van der Waals surface area contributed by atoms with Crippen LogP contribution in [-0.2, 0) is 15.2 Å². The molecular weight excluding hydrogens is 505 g/mol. The van der Waals surface area contributed by atoms with E-state index in [1.165, 1.54) is 18.5 Å². The summed E-state index contributed by atoms with van der Waals surface area (Å²) >= 11 is 6.18. The quantitative estimate of drug-likeness (QED) is 0.312. The number of carboxylic acids is 1. The van der Waals surface area contributed by atoms with Crippen LogP contribution in [0.2, 0.25) is 5.02 Å². The molecule has 0 spiro atoms. The molecule has 37 heavy (non-hydrogen) atoms. The van der Waals surface area contributed by atoms with E-state index >= 15 is 0 Å². The van der Waals surface area contributed by atoms with E-state index in [1.807, 2.05) is 0 Å². The van der Waals surface area contributed by atoms with Gasteiger partial charge in [-0.1, -0.05) is 17.7 Å². The summed E-state index contributed by atoms with van der Waals surface area (Å²) in [5.74, 6) is -2.37. The van der Waals surface area contributed by atoms with E-state index in [0.717, 1.165) is 0 Å². The second kappa shape index (κ2) is 12.1. The number of alkyl halides is 1. The lowest BCUT2D eigenvalue weighted by Crippen LogP contribution is -2.41. The van der Waals surface area contributed by atoms with Crippen molar-refractivity contribution in [3.8, 4) is 0 Å². The number of carboxylic acid groups (broad SMARTS) is 1. The number of hydrogen-bond donors (Lipinski definition) is 5. The van der Waals surface area contributed by atoms with Gasteiger partial charge in [0.25, 0.3) is 5.91 Å². The van der Waals surface area contributed by atoms with Crippen LogP contribution in [-0.4, -0.2) is 64.6 Å². The molecule has 0 fully saturated rings. The van der Waals surface area contributed by atoms with Crippen molar-refractivity contribution in [1.29, 1.82) is 0 Å². The van der Waals surface area contributed by atoms with Gasteiger partial charge in [-0.2, -0.15) is 0 Å². The van der Waals surface area contributed by atoms with Crippen LogP contribution in [0.5, 0.6) is 0 Å². The molecule has 5 N–H and O–H groups in total. The average molecular weight is 534 g/mol. The van der Waals surface area contributed by atoms with E-state index in [4.69, 9.17) is 11.6 Å². The molecule has 1 aromatic heterocycles. The number of Topliss-reactive ketones (excluding diaryl/α,β-unsaturated/α-hetero) is 1. The maximum atomic E-state index is 13.2. The van der Waals surface area contributed by atoms with Gasteiger partial charge in [-0.3, -0.25) is 19.4 Å². The Balaban J connectivity index is 1.64. The number of carbonyl (C=O) groups excluding carboxylic acids is 2. The van der Waals surface area contributed by atoms with E-state index in [1.54, 1.807) is 32.0 Å². The lowest BCUT2D eigenvalue weighted by molar-refractivity contribution is -0.137. The highest BCUT2D eigenvalue weighted by molar-refractivity contribution is 6.30. The molecule has 1 amide bonds. The first-order valence-electron chi connectivity index (χ1n) is 11.6. The maximum Gasteiger partial charge on any atom is 0.303 e. The van der Waals surface area contributed by atoms with Gasteiger partial charge in [0.2, 0.25) is 0 Å². The van der Waals surface area contributed by atoms with Crippen molar-refractivity contribution in [2.75, 3.05) is 25.0 Å². The molecule has 10 nitrogen and oxygen atoms in total. The van der Waals surface area contributed by atoms with Crippen LogP contribution in [0.25, 0.3) is 0 Å². The number of benzene rings is 1. The summed E-state index contributed by atoms with van der Waals surface area (Å²) in [6, 6.07) is 6.29. The molecule has 0 saturated heterocycles. The fourth-order valence-electron chi connectivity index (χ4n) is 3.72. The molecule has 2 aromatic rings. The lowest BCUT2D eigenvalue weighted by Gasteiger charge is -2.22. The van der Waals surface area contributed by atoms with Gasteiger partial charge in [-0.15, -0.1) is 0 Å². The summed E-state index contributed by atoms with van der Waals surface area (Å²) < 4.78 is 13.2. The Morgan fingerprint density at radius 2 is 1.97 bits per heavy atom. The second-order valence-corrected chi connectivity index (χ2v) is 9.74. The normalized spacial score (nSPS) is 16.2. The molecule has 1 aliphatic heterocycles. The smallest absolute Gasteiger partial charge is 0.303 e. The van der Waals surface area contributed by atoms with Crippen LogP contribution in [0.4, 0.5) is 10.1 Å². The number of anilines is 1. The zero-order chi connectivity index (χ0) is 27.2. The third-order valence-electron chi connectivity index (χ3n) is 5.64. The van der Waals surface area contributed by atoms with Crippen LogP contribution < -0.4 is 16.0 Å². The minimum Gasteiger partial charge on any atom is -0.481 e. The van der Waals surface area contributed by atoms with Gasteiger partial charge in [0.1, 0.15) is 6.17 Å². The van der Waals surface area contributed by atoms with Crippen LogP contribution >= 0.6 is 11.6 Å². The van der Waals surface area contributed by atoms with Gasteiger partial charge in [0, 0.05) is 23.6 Å². The number of carbonyl (C=O) groups is 3. The van der Waals surface area contributed by atoms with E-state index in [-0.39, 0.29) is 43.8 Å². The number of ketones is 1. The van der Waals surface area contributed by atoms with Gasteiger partial charge in [-0.05, 0) is 43.2 Å². The number of amides is 1. The predicted octanol–water partition coefficient (Wildman–Crippen LogP) is 2.62. The van der Waals surface area contributed by atoms with E-state index in [2.05, 4.69) is 25.9 Å². The Bertz CT molecular complexity index is 1200. The number of aliphatic carboxylic acids is 1. The minimum absolute atomic E-state index is 0.0299. The third-order valence-corrected chi connectivity index (χ3v) is 5.86. The first kappa shape index (κ1) is 28.0. The topological polar surface area (TPSA) is 153 Å². The zero-order valence-electron chi connectivity index (χ0n) is 20.4. The van der Waals surface area contributed by atoms with Gasteiger partial charge in [-0.25, -0.2) is 9.38 Å². The summed E-state index contributed by atoms with van der Waals surface area (Å²) in [6.07, 6.45) is 1.26. The molecule has 0 saturated carbocycles. The van der Waals surface area contributed by atoms with Crippen LogP contribution in [0.3, 0.4) is 0 Å². The molecule has 198 valence electrons. The third kappa shape index (κ3) is 8.50. The Morgan fingerprint density at radius 1 is 1.22 bits per heavy atom. The molecule has 2 atom stereocenters. The van der Waals surface area contributed by atoms with E-state index < -0.39 is 29.6 Å². The second-order valence-electron chi connectivity index (χ2n) is 9.31. The molecule has 2 heterocycles. The standard InChI is InChI=1S/C25H29ClFN5O5/c1-25(2,37)17-3-14(4-18(26)8-17)15(7-22(34)35)6-21(33)13-29-23(36)16-5-20(12-28-9-16)32-24-30-10-19(27)11-31-24/h3-5,8-9,12,15,19,37H,6-7,10-11,13H2,1-2H3,(H,29,36)(H,34,35)(H2,30,31,32)/t15-/m0/s1. The van der Waals surface area contributed by atoms with Crippen molar-refractivity contribution in [3.05, 3.63) is 58.4 Å². The van der Waals surface area contributed by atoms with Gasteiger partial charge < -0.3 is 26.2 Å². The molecular formula is C25H29ClFN5O5. The number of rotatable bonds is 10. The van der Waals surface area contributed by atoms with Crippen molar-refractivity contribution >= 4 is 40.9 Å². The molecule has 3 rings (SSSR count). The highest BCUT2D eigenvalue weighted by atomic mass is 35.5. The number of aromatic nitrogens is 1. The molecule has 1 aromatic carbocycles. The fraction of sp³-hybridized carbons (Fsp3) is 0.400. The first-order valence-corrected chi connectivity index (χ1v) is 12.0.